The molecule has 0 saturated heterocycles. The van der Waals surface area contributed by atoms with Crippen molar-refractivity contribution in [3.8, 4) is 23.0 Å². The molecule has 3 rings (SSSR count). The molecule has 0 unspecified atom stereocenters. The summed E-state index contributed by atoms with van der Waals surface area (Å²) >= 11 is 0. The van der Waals surface area contributed by atoms with Gasteiger partial charge in [0, 0.05) is 16.7 Å². The Labute approximate surface area is 112 Å². The minimum atomic E-state index is 1.00. The van der Waals surface area contributed by atoms with Gasteiger partial charge in [-0.2, -0.15) is 0 Å². The molecule has 0 atom stereocenters. The first kappa shape index (κ1) is 11.4. The molecule has 1 heteroatoms. The predicted octanol–water partition coefficient (Wildman–Crippen LogP) is 4.35. The number of furan rings is 1. The molecule has 0 saturated carbocycles. The van der Waals surface area contributed by atoms with E-state index in [0.29, 0.717) is 0 Å². The van der Waals surface area contributed by atoms with Crippen molar-refractivity contribution in [2.75, 3.05) is 0 Å². The predicted molar refractivity (Wildman–Crippen MR) is 76.6 cm³/mol. The van der Waals surface area contributed by atoms with Crippen LogP contribution in [0.25, 0.3) is 11.1 Å². The maximum Gasteiger partial charge on any atom is 0.0980 e. The molecule has 0 bridgehead atoms. The lowest BCUT2D eigenvalue weighted by Gasteiger charge is -1.97. The highest BCUT2D eigenvalue weighted by atomic mass is 16.3. The van der Waals surface area contributed by atoms with Crippen LogP contribution in [0.15, 0.2) is 77.6 Å². The van der Waals surface area contributed by atoms with Crippen molar-refractivity contribution >= 4 is 0 Å². The van der Waals surface area contributed by atoms with Crippen LogP contribution in [0.4, 0.5) is 0 Å². The van der Waals surface area contributed by atoms with Crippen molar-refractivity contribution in [2.24, 2.45) is 0 Å². The Kier molecular flexibility index (Phi) is 3.16. The van der Waals surface area contributed by atoms with Crippen molar-refractivity contribution in [3.05, 3.63) is 84.3 Å². The van der Waals surface area contributed by atoms with E-state index in [0.717, 1.165) is 22.3 Å². The monoisotopic (exact) mass is 244 g/mol. The van der Waals surface area contributed by atoms with E-state index in [4.69, 9.17) is 4.42 Å². The highest BCUT2D eigenvalue weighted by Gasteiger charge is 1.98. The number of hydrogen-bond acceptors (Lipinski definition) is 1. The summed E-state index contributed by atoms with van der Waals surface area (Å²) in [5, 5.41) is 0. The van der Waals surface area contributed by atoms with E-state index in [1.165, 1.54) is 0 Å². The summed E-state index contributed by atoms with van der Waals surface area (Å²) in [6.45, 7) is 0. The lowest BCUT2D eigenvalue weighted by Crippen LogP contribution is -1.78. The molecule has 1 aromatic heterocycles. The Balaban J connectivity index is 1.91. The van der Waals surface area contributed by atoms with Crippen molar-refractivity contribution in [2.45, 2.75) is 0 Å². The minimum Gasteiger partial charge on any atom is -0.472 e. The van der Waals surface area contributed by atoms with E-state index >= 15 is 0 Å². The Bertz CT molecular complexity index is 713. The molecule has 1 nitrogen and oxygen atoms in total. The second-order valence-electron chi connectivity index (χ2n) is 4.21. The average molecular weight is 244 g/mol. The maximum atomic E-state index is 5.10. The first-order chi connectivity index (χ1) is 9.42. The third-order valence-corrected chi connectivity index (χ3v) is 2.84. The molecular weight excluding hydrogens is 232 g/mol. The van der Waals surface area contributed by atoms with E-state index in [1.54, 1.807) is 12.5 Å². The molecule has 0 amide bonds. The standard InChI is InChI=1S/C18H12O/c1-2-5-15(6-3-1)9-10-16-7-4-8-17(13-16)18-11-12-19-14-18/h1-8,11-14H. The average Bonchev–Trinajstić information content (AvgIpc) is 3.01. The van der Waals surface area contributed by atoms with Gasteiger partial charge in [-0.3, -0.25) is 0 Å². The van der Waals surface area contributed by atoms with Crippen LogP contribution in [-0.2, 0) is 0 Å². The Hall–Kier alpha value is -2.72. The third kappa shape index (κ3) is 2.75. The molecule has 0 aliphatic heterocycles. The van der Waals surface area contributed by atoms with Crippen LogP contribution in [0, 0.1) is 11.8 Å². The normalized spacial score (nSPS) is 9.68. The molecule has 0 spiro atoms. The molecule has 2 aromatic carbocycles. The molecule has 0 fully saturated rings. The first-order valence-corrected chi connectivity index (χ1v) is 6.11. The topological polar surface area (TPSA) is 13.1 Å². The fourth-order valence-electron chi connectivity index (χ4n) is 1.87. The summed E-state index contributed by atoms with van der Waals surface area (Å²) < 4.78 is 5.10. The molecule has 0 aliphatic carbocycles. The highest BCUT2D eigenvalue weighted by molar-refractivity contribution is 5.64. The van der Waals surface area contributed by atoms with Crippen LogP contribution >= 0.6 is 0 Å². The minimum absolute atomic E-state index is 1.00. The van der Waals surface area contributed by atoms with Crippen molar-refractivity contribution in [3.63, 3.8) is 0 Å². The highest BCUT2D eigenvalue weighted by Crippen LogP contribution is 2.20. The molecule has 0 N–H and O–H groups in total. The SMILES string of the molecule is C(#Cc1cccc(-c2ccoc2)c1)c1ccccc1. The van der Waals surface area contributed by atoms with Gasteiger partial charge in [0.1, 0.15) is 0 Å². The summed E-state index contributed by atoms with van der Waals surface area (Å²) in [6.07, 6.45) is 3.42. The summed E-state index contributed by atoms with van der Waals surface area (Å²) in [5.41, 5.74) is 4.22. The van der Waals surface area contributed by atoms with Crippen LogP contribution in [0.5, 0.6) is 0 Å². The van der Waals surface area contributed by atoms with Gasteiger partial charge in [-0.05, 0) is 35.9 Å². The quantitative estimate of drug-likeness (QED) is 0.580. The summed E-state index contributed by atoms with van der Waals surface area (Å²) in [4.78, 5) is 0. The molecule has 1 heterocycles. The molecule has 3 aromatic rings. The molecular formula is C18H12O. The fourth-order valence-corrected chi connectivity index (χ4v) is 1.87. The van der Waals surface area contributed by atoms with Crippen molar-refractivity contribution in [1.29, 1.82) is 0 Å². The third-order valence-electron chi connectivity index (χ3n) is 2.84. The number of benzene rings is 2. The van der Waals surface area contributed by atoms with Crippen LogP contribution < -0.4 is 0 Å². The Morgan fingerprint density at radius 3 is 2.26 bits per heavy atom. The summed E-state index contributed by atoms with van der Waals surface area (Å²) in [7, 11) is 0. The van der Waals surface area contributed by atoms with Gasteiger partial charge < -0.3 is 4.42 Å². The van der Waals surface area contributed by atoms with E-state index in [2.05, 4.69) is 24.0 Å². The molecule has 90 valence electrons. The number of rotatable bonds is 1. The largest absolute Gasteiger partial charge is 0.472 e. The summed E-state index contributed by atoms with van der Waals surface area (Å²) in [5.74, 6) is 6.34. The first-order valence-electron chi connectivity index (χ1n) is 6.11. The van der Waals surface area contributed by atoms with Gasteiger partial charge in [-0.25, -0.2) is 0 Å². The zero-order valence-electron chi connectivity index (χ0n) is 10.3. The van der Waals surface area contributed by atoms with Gasteiger partial charge in [0.2, 0.25) is 0 Å². The summed E-state index contributed by atoms with van der Waals surface area (Å²) in [6, 6.07) is 20.1. The van der Waals surface area contributed by atoms with E-state index in [-0.39, 0.29) is 0 Å². The zero-order valence-corrected chi connectivity index (χ0v) is 10.3. The van der Waals surface area contributed by atoms with Gasteiger partial charge in [0.15, 0.2) is 0 Å². The second-order valence-corrected chi connectivity index (χ2v) is 4.21. The lowest BCUT2D eigenvalue weighted by molar-refractivity contribution is 0.568. The number of hydrogen-bond donors (Lipinski definition) is 0. The van der Waals surface area contributed by atoms with Gasteiger partial charge in [-0.1, -0.05) is 42.2 Å². The van der Waals surface area contributed by atoms with E-state index < -0.39 is 0 Å². The van der Waals surface area contributed by atoms with Crippen LogP contribution in [0.2, 0.25) is 0 Å². The van der Waals surface area contributed by atoms with Crippen LogP contribution in [-0.4, -0.2) is 0 Å². The van der Waals surface area contributed by atoms with E-state index in [1.807, 2.05) is 48.5 Å². The van der Waals surface area contributed by atoms with Gasteiger partial charge in [0.25, 0.3) is 0 Å². The van der Waals surface area contributed by atoms with E-state index in [9.17, 15) is 0 Å². The smallest absolute Gasteiger partial charge is 0.0980 e. The lowest BCUT2D eigenvalue weighted by atomic mass is 10.1. The van der Waals surface area contributed by atoms with Crippen molar-refractivity contribution in [1.82, 2.24) is 0 Å². The van der Waals surface area contributed by atoms with Crippen LogP contribution in [0.3, 0.4) is 0 Å². The van der Waals surface area contributed by atoms with Crippen LogP contribution in [0.1, 0.15) is 11.1 Å². The molecule has 0 radical (unpaired) electrons. The Morgan fingerprint density at radius 1 is 0.684 bits per heavy atom. The molecule has 0 aliphatic rings. The second kappa shape index (κ2) is 5.29. The fraction of sp³-hybridized carbons (Fsp3) is 0. The maximum absolute atomic E-state index is 5.10. The van der Waals surface area contributed by atoms with Gasteiger partial charge >= 0.3 is 0 Å². The zero-order chi connectivity index (χ0) is 12.9. The van der Waals surface area contributed by atoms with Gasteiger partial charge in [-0.15, -0.1) is 0 Å². The van der Waals surface area contributed by atoms with Crippen molar-refractivity contribution < 1.29 is 4.42 Å². The molecule has 19 heavy (non-hydrogen) atoms. The van der Waals surface area contributed by atoms with Gasteiger partial charge in [0.05, 0.1) is 12.5 Å². The Morgan fingerprint density at radius 2 is 1.47 bits per heavy atom.